The van der Waals surface area contributed by atoms with E-state index in [-0.39, 0.29) is 0 Å². The molecule has 1 aromatic carbocycles. The molecule has 0 saturated heterocycles. The monoisotopic (exact) mass is 207 g/mol. The van der Waals surface area contributed by atoms with E-state index in [2.05, 4.69) is 36.5 Å². The third-order valence-electron chi connectivity index (χ3n) is 2.57. The lowest BCUT2D eigenvalue weighted by molar-refractivity contribution is 0.129. The van der Waals surface area contributed by atoms with E-state index >= 15 is 0 Å². The van der Waals surface area contributed by atoms with Crippen LogP contribution < -0.4 is 5.32 Å². The molecule has 0 heterocycles. The Morgan fingerprint density at radius 2 is 1.93 bits per heavy atom. The Morgan fingerprint density at radius 1 is 1.20 bits per heavy atom. The van der Waals surface area contributed by atoms with Crippen molar-refractivity contribution in [3.8, 4) is 0 Å². The molecule has 0 aliphatic carbocycles. The fourth-order valence-corrected chi connectivity index (χ4v) is 1.34. The molecule has 84 valence electrons. The summed E-state index contributed by atoms with van der Waals surface area (Å²) in [6.07, 6.45) is 2.08. The first-order valence-corrected chi connectivity index (χ1v) is 5.62. The van der Waals surface area contributed by atoms with Gasteiger partial charge >= 0.3 is 0 Å². The highest BCUT2D eigenvalue weighted by Gasteiger charge is 1.97. The number of rotatable bonds is 7. The Morgan fingerprint density at radius 3 is 2.60 bits per heavy atom. The Bertz CT molecular complexity index is 248. The second-order valence-corrected chi connectivity index (χ2v) is 3.83. The van der Waals surface area contributed by atoms with E-state index < -0.39 is 0 Å². The molecule has 1 atom stereocenters. The summed E-state index contributed by atoms with van der Waals surface area (Å²) >= 11 is 0. The Balaban J connectivity index is 2.03. The molecule has 0 aliphatic rings. The zero-order valence-electron chi connectivity index (χ0n) is 9.70. The largest absolute Gasteiger partial charge is 0.381 e. The van der Waals surface area contributed by atoms with E-state index in [1.807, 2.05) is 13.1 Å². The molecule has 1 rings (SSSR count). The summed E-state index contributed by atoms with van der Waals surface area (Å²) in [5.74, 6) is 0. The maximum absolute atomic E-state index is 5.57. The van der Waals surface area contributed by atoms with Gasteiger partial charge in [0.2, 0.25) is 0 Å². The van der Waals surface area contributed by atoms with Crippen molar-refractivity contribution < 1.29 is 4.74 Å². The van der Waals surface area contributed by atoms with Gasteiger partial charge in [-0.05, 0) is 32.4 Å². The van der Waals surface area contributed by atoms with Gasteiger partial charge in [-0.1, -0.05) is 30.3 Å². The number of hydrogen-bond donors (Lipinski definition) is 1. The minimum absolute atomic E-state index is 0.543. The first-order chi connectivity index (χ1) is 7.33. The number of ether oxygens (including phenoxy) is 1. The lowest BCUT2D eigenvalue weighted by Gasteiger charge is -2.10. The topological polar surface area (TPSA) is 21.3 Å². The van der Waals surface area contributed by atoms with E-state index in [4.69, 9.17) is 4.74 Å². The second-order valence-electron chi connectivity index (χ2n) is 3.83. The van der Waals surface area contributed by atoms with Crippen molar-refractivity contribution in [2.75, 3.05) is 20.3 Å². The van der Waals surface area contributed by atoms with Gasteiger partial charge in [-0.15, -0.1) is 0 Å². The van der Waals surface area contributed by atoms with Crippen LogP contribution in [0.4, 0.5) is 0 Å². The molecule has 2 nitrogen and oxygen atoms in total. The van der Waals surface area contributed by atoms with E-state index in [1.165, 1.54) is 5.56 Å². The number of hydrogen-bond acceptors (Lipinski definition) is 2. The summed E-state index contributed by atoms with van der Waals surface area (Å²) in [7, 11) is 1.98. The summed E-state index contributed by atoms with van der Waals surface area (Å²) in [5, 5.41) is 3.19. The smallest absolute Gasteiger partial charge is 0.0506 e. The van der Waals surface area contributed by atoms with Crippen LogP contribution in [-0.4, -0.2) is 26.3 Å². The molecule has 1 unspecified atom stereocenters. The van der Waals surface area contributed by atoms with Gasteiger partial charge in [0.1, 0.15) is 0 Å². The van der Waals surface area contributed by atoms with E-state index in [9.17, 15) is 0 Å². The molecule has 1 N–H and O–H groups in total. The van der Waals surface area contributed by atoms with Crippen molar-refractivity contribution in [3.05, 3.63) is 35.9 Å². The Hall–Kier alpha value is -0.860. The third-order valence-corrected chi connectivity index (χ3v) is 2.57. The third kappa shape index (κ3) is 5.55. The van der Waals surface area contributed by atoms with Crippen LogP contribution in [0.2, 0.25) is 0 Å². The van der Waals surface area contributed by atoms with Crippen LogP contribution in [0, 0.1) is 0 Å². The molecule has 0 amide bonds. The average molecular weight is 207 g/mol. The van der Waals surface area contributed by atoms with E-state index in [0.29, 0.717) is 6.04 Å². The van der Waals surface area contributed by atoms with Gasteiger partial charge in [0.25, 0.3) is 0 Å². The van der Waals surface area contributed by atoms with Crippen LogP contribution in [0.1, 0.15) is 18.9 Å². The molecule has 0 radical (unpaired) electrons. The van der Waals surface area contributed by atoms with Gasteiger partial charge in [-0.3, -0.25) is 0 Å². The molecule has 0 fully saturated rings. The van der Waals surface area contributed by atoms with Crippen molar-refractivity contribution >= 4 is 0 Å². The summed E-state index contributed by atoms with van der Waals surface area (Å²) in [6.45, 7) is 3.83. The predicted octanol–water partition coefficient (Wildman–Crippen LogP) is 2.24. The average Bonchev–Trinajstić information content (AvgIpc) is 2.29. The highest BCUT2D eigenvalue weighted by Crippen LogP contribution is 2.00. The van der Waals surface area contributed by atoms with Gasteiger partial charge < -0.3 is 10.1 Å². The quantitative estimate of drug-likeness (QED) is 0.692. The lowest BCUT2D eigenvalue weighted by Crippen LogP contribution is -2.22. The first kappa shape index (κ1) is 12.2. The molecule has 0 spiro atoms. The van der Waals surface area contributed by atoms with Crippen LogP contribution in [0.15, 0.2) is 30.3 Å². The predicted molar refractivity (Wildman–Crippen MR) is 64.1 cm³/mol. The van der Waals surface area contributed by atoms with Crippen molar-refractivity contribution in [1.29, 1.82) is 0 Å². The highest BCUT2D eigenvalue weighted by molar-refractivity contribution is 5.14. The minimum atomic E-state index is 0.543. The van der Waals surface area contributed by atoms with Gasteiger partial charge in [0, 0.05) is 12.6 Å². The molecular weight excluding hydrogens is 186 g/mol. The standard InChI is InChI=1S/C13H21NO/c1-12(14-2)8-10-15-11-9-13-6-4-3-5-7-13/h3-7,12,14H,8-11H2,1-2H3. The fourth-order valence-electron chi connectivity index (χ4n) is 1.34. The van der Waals surface area contributed by atoms with E-state index in [1.54, 1.807) is 0 Å². The Labute approximate surface area is 92.6 Å². The molecule has 1 aromatic rings. The van der Waals surface area contributed by atoms with Gasteiger partial charge in [0.05, 0.1) is 6.61 Å². The summed E-state index contributed by atoms with van der Waals surface area (Å²) < 4.78 is 5.57. The van der Waals surface area contributed by atoms with Crippen LogP contribution in [0.25, 0.3) is 0 Å². The molecule has 0 saturated carbocycles. The summed E-state index contributed by atoms with van der Waals surface area (Å²) in [6, 6.07) is 11.0. The van der Waals surface area contributed by atoms with Gasteiger partial charge in [0.15, 0.2) is 0 Å². The number of nitrogens with one attached hydrogen (secondary N) is 1. The highest BCUT2D eigenvalue weighted by atomic mass is 16.5. The summed E-state index contributed by atoms with van der Waals surface area (Å²) in [4.78, 5) is 0. The van der Waals surface area contributed by atoms with Crippen LogP contribution >= 0.6 is 0 Å². The molecule has 15 heavy (non-hydrogen) atoms. The second kappa shape index (κ2) is 7.43. The van der Waals surface area contributed by atoms with Gasteiger partial charge in [-0.25, -0.2) is 0 Å². The molecule has 0 aromatic heterocycles. The van der Waals surface area contributed by atoms with E-state index in [0.717, 1.165) is 26.1 Å². The van der Waals surface area contributed by atoms with Crippen molar-refractivity contribution in [3.63, 3.8) is 0 Å². The van der Waals surface area contributed by atoms with Crippen LogP contribution in [0.5, 0.6) is 0 Å². The van der Waals surface area contributed by atoms with Gasteiger partial charge in [-0.2, -0.15) is 0 Å². The normalized spacial score (nSPS) is 12.7. The molecule has 0 bridgehead atoms. The zero-order valence-corrected chi connectivity index (χ0v) is 9.70. The maximum atomic E-state index is 5.57. The maximum Gasteiger partial charge on any atom is 0.0506 e. The summed E-state index contributed by atoms with van der Waals surface area (Å²) in [5.41, 5.74) is 1.35. The number of benzene rings is 1. The zero-order chi connectivity index (χ0) is 10.9. The van der Waals surface area contributed by atoms with Crippen molar-refractivity contribution in [2.45, 2.75) is 25.8 Å². The molecule has 0 aliphatic heterocycles. The SMILES string of the molecule is CNC(C)CCOCCc1ccccc1. The van der Waals surface area contributed by atoms with Crippen LogP contribution in [-0.2, 0) is 11.2 Å². The Kier molecular flexibility index (Phi) is 6.05. The lowest BCUT2D eigenvalue weighted by atomic mass is 10.2. The van der Waals surface area contributed by atoms with Crippen molar-refractivity contribution in [1.82, 2.24) is 5.32 Å². The van der Waals surface area contributed by atoms with Crippen molar-refractivity contribution in [2.24, 2.45) is 0 Å². The fraction of sp³-hybridized carbons (Fsp3) is 0.538. The van der Waals surface area contributed by atoms with Crippen LogP contribution in [0.3, 0.4) is 0 Å². The minimum Gasteiger partial charge on any atom is -0.381 e. The molecule has 2 heteroatoms. The first-order valence-electron chi connectivity index (χ1n) is 5.62. The molecular formula is C13H21NO.